The molecule has 1 aromatic rings. The number of unbranched alkanes of at least 4 members (excludes halogenated alkanes) is 2. The van der Waals surface area contributed by atoms with E-state index >= 15 is 0 Å². The van der Waals surface area contributed by atoms with Gasteiger partial charge in [0.15, 0.2) is 0 Å². The van der Waals surface area contributed by atoms with Crippen LogP contribution in [0, 0.1) is 24.7 Å². The lowest BCUT2D eigenvalue weighted by molar-refractivity contribution is 0.140. The zero-order chi connectivity index (χ0) is 21.5. The molecule has 0 radical (unpaired) electrons. The van der Waals surface area contributed by atoms with Crippen LogP contribution in [-0.2, 0) is 6.42 Å². The van der Waals surface area contributed by atoms with E-state index in [1.165, 1.54) is 24.0 Å². The number of aliphatic hydroxyl groups is 2. The number of aliphatic hydroxyl groups excluding tert-OH is 2. The summed E-state index contributed by atoms with van der Waals surface area (Å²) in [6.45, 7) is 3.23. The summed E-state index contributed by atoms with van der Waals surface area (Å²) in [5.74, 6) is 1.08. The largest absolute Gasteiger partial charge is 0.392 e. The molecule has 1 fully saturated rings. The van der Waals surface area contributed by atoms with Gasteiger partial charge in [-0.2, -0.15) is 0 Å². The van der Waals surface area contributed by atoms with Gasteiger partial charge < -0.3 is 15.1 Å². The van der Waals surface area contributed by atoms with Crippen molar-refractivity contribution >= 4 is 0 Å². The van der Waals surface area contributed by atoms with Gasteiger partial charge in [0.05, 0.1) is 12.2 Å². The van der Waals surface area contributed by atoms with Gasteiger partial charge in [-0.05, 0) is 77.1 Å². The van der Waals surface area contributed by atoms with Crippen molar-refractivity contribution < 1.29 is 10.2 Å². The van der Waals surface area contributed by atoms with Crippen molar-refractivity contribution in [3.05, 3.63) is 71.3 Å². The molecular formula is C27H39NO2. The molecule has 3 rings (SSSR count). The van der Waals surface area contributed by atoms with Crippen molar-refractivity contribution in [2.75, 3.05) is 20.6 Å². The number of aryl methyl sites for hydroxylation is 1. The summed E-state index contributed by atoms with van der Waals surface area (Å²) in [6, 6.07) is 8.29. The lowest BCUT2D eigenvalue weighted by atomic mass is 9.89. The van der Waals surface area contributed by atoms with E-state index in [4.69, 9.17) is 0 Å². The van der Waals surface area contributed by atoms with Crippen LogP contribution < -0.4 is 0 Å². The van der Waals surface area contributed by atoms with E-state index < -0.39 is 6.10 Å². The maximum absolute atomic E-state index is 10.6. The van der Waals surface area contributed by atoms with Crippen LogP contribution >= 0.6 is 0 Å². The molecule has 164 valence electrons. The molecule has 1 aromatic carbocycles. The summed E-state index contributed by atoms with van der Waals surface area (Å²) < 4.78 is 0. The molecule has 0 saturated heterocycles. The van der Waals surface area contributed by atoms with E-state index in [9.17, 15) is 10.2 Å². The standard InChI is InChI=1S/C27H39NO2/c1-20-9-8-11-21(15-20)17-24(29)12-13-25-26-18-22(16-23(26)19-27(25)30)10-6-4-5-7-14-28(2)3/h6,8-13,15-16,23-27,29-30H,4-5,7,14,17-19H2,1-3H3/b10-6-,13-12+/t23-,24+,25+,26-,27+/m0/s1. The van der Waals surface area contributed by atoms with Crippen LogP contribution in [0.4, 0.5) is 0 Å². The van der Waals surface area contributed by atoms with Crippen molar-refractivity contribution in [1.29, 1.82) is 0 Å². The van der Waals surface area contributed by atoms with Crippen molar-refractivity contribution in [3.8, 4) is 0 Å². The van der Waals surface area contributed by atoms with Gasteiger partial charge in [0.1, 0.15) is 0 Å². The zero-order valence-electron chi connectivity index (χ0n) is 18.9. The van der Waals surface area contributed by atoms with Gasteiger partial charge in [0.25, 0.3) is 0 Å². The number of nitrogens with zero attached hydrogens (tertiary/aromatic N) is 1. The lowest BCUT2D eigenvalue weighted by Crippen LogP contribution is -2.18. The van der Waals surface area contributed by atoms with Crippen molar-refractivity contribution in [2.45, 2.75) is 57.7 Å². The number of rotatable bonds is 10. The third-order valence-corrected chi connectivity index (χ3v) is 6.54. The van der Waals surface area contributed by atoms with Gasteiger partial charge in [-0.1, -0.05) is 65.8 Å². The van der Waals surface area contributed by atoms with Gasteiger partial charge in [-0.3, -0.25) is 0 Å². The Balaban J connectivity index is 1.48. The van der Waals surface area contributed by atoms with Gasteiger partial charge in [0.2, 0.25) is 0 Å². The Morgan fingerprint density at radius 2 is 2.07 bits per heavy atom. The second-order valence-electron chi connectivity index (χ2n) is 9.50. The number of allylic oxidation sites excluding steroid dienone is 4. The van der Waals surface area contributed by atoms with Crippen LogP contribution in [0.1, 0.15) is 43.2 Å². The Labute approximate surface area is 182 Å². The number of hydrogen-bond donors (Lipinski definition) is 2. The maximum Gasteiger partial charge on any atom is 0.0761 e. The van der Waals surface area contributed by atoms with Gasteiger partial charge in [0, 0.05) is 12.3 Å². The summed E-state index contributed by atoms with van der Waals surface area (Å²) in [7, 11) is 4.25. The Bertz CT molecular complexity index is 764. The summed E-state index contributed by atoms with van der Waals surface area (Å²) in [5, 5.41) is 21.0. The monoisotopic (exact) mass is 409 g/mol. The normalized spacial score (nSPS) is 27.3. The predicted molar refractivity (Wildman–Crippen MR) is 125 cm³/mol. The SMILES string of the molecule is Cc1cccc(C[C@H](O)/C=C/[C@@H]2[C@H]3CC(/C=C\CCCCN(C)C)=C[C@H]3C[C@H]2O)c1. The third kappa shape index (κ3) is 6.66. The highest BCUT2D eigenvalue weighted by molar-refractivity contribution is 5.29. The third-order valence-electron chi connectivity index (χ3n) is 6.54. The first-order valence-corrected chi connectivity index (χ1v) is 11.5. The minimum Gasteiger partial charge on any atom is -0.392 e. The molecule has 2 aliphatic carbocycles. The van der Waals surface area contributed by atoms with Crippen LogP contribution in [-0.4, -0.2) is 48.0 Å². The van der Waals surface area contributed by atoms with Crippen molar-refractivity contribution in [2.24, 2.45) is 17.8 Å². The fraction of sp³-hybridized carbons (Fsp3) is 0.556. The summed E-state index contributed by atoms with van der Waals surface area (Å²) in [5.41, 5.74) is 3.79. The fourth-order valence-corrected chi connectivity index (χ4v) is 5.00. The second kappa shape index (κ2) is 11.1. The summed E-state index contributed by atoms with van der Waals surface area (Å²) in [6.07, 6.45) is 16.3. The fourth-order valence-electron chi connectivity index (χ4n) is 5.00. The Hall–Kier alpha value is -1.68. The molecule has 30 heavy (non-hydrogen) atoms. The van der Waals surface area contributed by atoms with E-state index in [1.54, 1.807) is 0 Å². The molecular weight excluding hydrogens is 370 g/mol. The first-order valence-electron chi connectivity index (χ1n) is 11.5. The molecule has 0 bridgehead atoms. The molecule has 0 aromatic heterocycles. The minimum absolute atomic E-state index is 0.143. The van der Waals surface area contributed by atoms with Crippen LogP contribution in [0.3, 0.4) is 0 Å². The number of fused-ring (bicyclic) bond motifs is 1. The second-order valence-corrected chi connectivity index (χ2v) is 9.50. The molecule has 2 aliphatic rings. The molecule has 2 N–H and O–H groups in total. The highest BCUT2D eigenvalue weighted by atomic mass is 16.3. The Kier molecular flexibility index (Phi) is 8.50. The summed E-state index contributed by atoms with van der Waals surface area (Å²) >= 11 is 0. The average Bonchev–Trinajstić information content (AvgIpc) is 3.19. The predicted octanol–water partition coefficient (Wildman–Crippen LogP) is 4.69. The molecule has 1 saturated carbocycles. The molecule has 0 aliphatic heterocycles. The van der Waals surface area contributed by atoms with E-state index in [-0.39, 0.29) is 12.0 Å². The molecule has 3 heteroatoms. The van der Waals surface area contributed by atoms with Crippen molar-refractivity contribution in [3.63, 3.8) is 0 Å². The molecule has 0 unspecified atom stereocenters. The Morgan fingerprint density at radius 1 is 1.23 bits per heavy atom. The highest BCUT2D eigenvalue weighted by Gasteiger charge is 2.42. The van der Waals surface area contributed by atoms with Crippen LogP contribution in [0.15, 0.2) is 60.2 Å². The van der Waals surface area contributed by atoms with E-state index in [1.807, 2.05) is 12.1 Å². The number of hydrogen-bond acceptors (Lipinski definition) is 3. The van der Waals surface area contributed by atoms with E-state index in [0.717, 1.165) is 31.4 Å². The van der Waals surface area contributed by atoms with E-state index in [0.29, 0.717) is 18.3 Å². The minimum atomic E-state index is -0.506. The maximum atomic E-state index is 10.6. The lowest BCUT2D eigenvalue weighted by Gasteiger charge is -2.18. The molecule has 0 heterocycles. The van der Waals surface area contributed by atoms with E-state index in [2.05, 4.69) is 68.4 Å². The zero-order valence-corrected chi connectivity index (χ0v) is 18.9. The van der Waals surface area contributed by atoms with Crippen LogP contribution in [0.2, 0.25) is 0 Å². The van der Waals surface area contributed by atoms with Crippen molar-refractivity contribution in [1.82, 2.24) is 4.90 Å². The molecule has 0 amide bonds. The van der Waals surface area contributed by atoms with Gasteiger partial charge in [-0.15, -0.1) is 0 Å². The number of benzene rings is 1. The Morgan fingerprint density at radius 3 is 2.83 bits per heavy atom. The molecule has 3 nitrogen and oxygen atoms in total. The summed E-state index contributed by atoms with van der Waals surface area (Å²) in [4.78, 5) is 2.24. The van der Waals surface area contributed by atoms with Gasteiger partial charge in [-0.25, -0.2) is 0 Å². The average molecular weight is 410 g/mol. The highest BCUT2D eigenvalue weighted by Crippen LogP contribution is 2.47. The van der Waals surface area contributed by atoms with Crippen LogP contribution in [0.25, 0.3) is 0 Å². The first kappa shape index (κ1) is 23.0. The topological polar surface area (TPSA) is 43.7 Å². The molecule has 5 atom stereocenters. The smallest absolute Gasteiger partial charge is 0.0761 e. The quantitative estimate of drug-likeness (QED) is 0.435. The van der Waals surface area contributed by atoms with Gasteiger partial charge >= 0.3 is 0 Å². The van der Waals surface area contributed by atoms with Crippen LogP contribution in [0.5, 0.6) is 0 Å². The first-order chi connectivity index (χ1) is 14.4. The molecule has 0 spiro atoms.